The molecule has 0 bridgehead atoms. The molecule has 0 aliphatic rings. The summed E-state index contributed by atoms with van der Waals surface area (Å²) < 4.78 is 13.1. The summed E-state index contributed by atoms with van der Waals surface area (Å²) in [6, 6.07) is 17.1. The Morgan fingerprint density at radius 1 is 0.976 bits per heavy atom. The smallest absolute Gasteiger partial charge is 0.272 e. The summed E-state index contributed by atoms with van der Waals surface area (Å²) in [6.45, 7) is 6.93. The third kappa shape index (κ3) is 9.33. The number of benzene rings is 2. The van der Waals surface area contributed by atoms with Gasteiger partial charge in [0.1, 0.15) is 11.5 Å². The molecule has 1 N–H and O–H groups in total. The Kier molecular flexibility index (Phi) is 14.0. The van der Waals surface area contributed by atoms with Gasteiger partial charge in [0.25, 0.3) is 5.91 Å². The molecule has 2 atom stereocenters. The van der Waals surface area contributed by atoms with Crippen molar-refractivity contribution in [2.45, 2.75) is 71.5 Å². The van der Waals surface area contributed by atoms with Crippen LogP contribution in [-0.4, -0.2) is 66.8 Å². The summed E-state index contributed by atoms with van der Waals surface area (Å²) in [4.78, 5) is 29.3. The zero-order valence-corrected chi connectivity index (χ0v) is 26.9. The Balaban J connectivity index is 0.00000616. The van der Waals surface area contributed by atoms with Crippen LogP contribution in [0.3, 0.4) is 0 Å². The van der Waals surface area contributed by atoms with Crippen LogP contribution < -0.4 is 14.8 Å². The third-order valence-corrected chi connectivity index (χ3v) is 7.42. The van der Waals surface area contributed by atoms with Crippen LogP contribution in [0.2, 0.25) is 0 Å². The average molecular weight is 599 g/mol. The number of ether oxygens (including phenoxy) is 2. The van der Waals surface area contributed by atoms with Gasteiger partial charge in [-0.05, 0) is 69.5 Å². The fourth-order valence-corrected chi connectivity index (χ4v) is 5.13. The van der Waals surface area contributed by atoms with Crippen LogP contribution in [0.1, 0.15) is 62.5 Å². The Morgan fingerprint density at radius 2 is 1.62 bits per heavy atom. The SMILES string of the molecule is CCC(CCC(=O)[C@H](CCc1ccccc1)NC(=O)c1cc(-c2c(OC)cccc2OC)n(CC(C)C)n1)N(C)C.Cl. The van der Waals surface area contributed by atoms with Crippen molar-refractivity contribution in [1.82, 2.24) is 20.0 Å². The van der Waals surface area contributed by atoms with Crippen molar-refractivity contribution in [3.8, 4) is 22.8 Å². The monoisotopic (exact) mass is 598 g/mol. The molecule has 230 valence electrons. The number of methoxy groups -OCH3 is 2. The van der Waals surface area contributed by atoms with Gasteiger partial charge in [-0.25, -0.2) is 0 Å². The highest BCUT2D eigenvalue weighted by atomic mass is 35.5. The quantitative estimate of drug-likeness (QED) is 0.216. The molecule has 2 aromatic carbocycles. The van der Waals surface area contributed by atoms with Crippen LogP contribution in [0.5, 0.6) is 11.5 Å². The topological polar surface area (TPSA) is 85.7 Å². The first-order valence-electron chi connectivity index (χ1n) is 14.5. The van der Waals surface area contributed by atoms with Crippen molar-refractivity contribution in [3.05, 3.63) is 65.9 Å². The van der Waals surface area contributed by atoms with Gasteiger partial charge in [-0.3, -0.25) is 14.3 Å². The minimum absolute atomic E-state index is 0. The van der Waals surface area contributed by atoms with E-state index in [0.29, 0.717) is 43.3 Å². The number of carbonyl (C=O) groups is 2. The number of hydrogen-bond donors (Lipinski definition) is 1. The Bertz CT molecular complexity index is 1250. The minimum Gasteiger partial charge on any atom is -0.496 e. The number of ketones is 1. The number of Topliss-reactive ketones (excluding diaryl/α,β-unsaturated/α-hetero) is 1. The zero-order chi connectivity index (χ0) is 29.9. The second kappa shape index (κ2) is 16.9. The lowest BCUT2D eigenvalue weighted by atomic mass is 9.97. The lowest BCUT2D eigenvalue weighted by molar-refractivity contribution is -0.121. The van der Waals surface area contributed by atoms with Crippen LogP contribution in [0.4, 0.5) is 0 Å². The van der Waals surface area contributed by atoms with Gasteiger partial charge in [-0.15, -0.1) is 12.4 Å². The largest absolute Gasteiger partial charge is 0.496 e. The molecule has 1 heterocycles. The molecule has 0 aliphatic carbocycles. The van der Waals surface area contributed by atoms with Gasteiger partial charge < -0.3 is 19.7 Å². The number of rotatable bonds is 16. The highest BCUT2D eigenvalue weighted by molar-refractivity contribution is 5.97. The Hall–Kier alpha value is -3.36. The van der Waals surface area contributed by atoms with Crippen molar-refractivity contribution in [2.75, 3.05) is 28.3 Å². The summed E-state index contributed by atoms with van der Waals surface area (Å²) in [6.07, 6.45) is 3.33. The van der Waals surface area contributed by atoms with E-state index in [2.05, 4.69) is 31.0 Å². The van der Waals surface area contributed by atoms with Crippen molar-refractivity contribution in [3.63, 3.8) is 0 Å². The number of amides is 1. The molecule has 0 spiro atoms. The second-order valence-electron chi connectivity index (χ2n) is 11.1. The first-order chi connectivity index (χ1) is 19.7. The fourth-order valence-electron chi connectivity index (χ4n) is 5.13. The molecule has 0 fully saturated rings. The summed E-state index contributed by atoms with van der Waals surface area (Å²) >= 11 is 0. The predicted octanol–water partition coefficient (Wildman–Crippen LogP) is 6.07. The summed E-state index contributed by atoms with van der Waals surface area (Å²) in [5.74, 6) is 1.22. The van der Waals surface area contributed by atoms with Gasteiger partial charge in [0.15, 0.2) is 11.5 Å². The van der Waals surface area contributed by atoms with E-state index in [1.807, 2.05) is 67.3 Å². The zero-order valence-electron chi connectivity index (χ0n) is 26.1. The summed E-state index contributed by atoms with van der Waals surface area (Å²) in [7, 11) is 7.29. The van der Waals surface area contributed by atoms with Crippen molar-refractivity contribution < 1.29 is 19.1 Å². The van der Waals surface area contributed by atoms with E-state index in [4.69, 9.17) is 14.6 Å². The number of aryl methyl sites for hydroxylation is 1. The number of carbonyl (C=O) groups excluding carboxylic acids is 2. The van der Waals surface area contributed by atoms with Crippen molar-refractivity contribution in [1.29, 1.82) is 0 Å². The maximum atomic E-state index is 13.7. The van der Waals surface area contributed by atoms with Crippen LogP contribution in [0, 0.1) is 5.92 Å². The molecule has 1 aromatic heterocycles. The Labute approximate surface area is 257 Å². The highest BCUT2D eigenvalue weighted by Gasteiger charge is 2.26. The van der Waals surface area contributed by atoms with Gasteiger partial charge in [-0.2, -0.15) is 5.10 Å². The highest BCUT2D eigenvalue weighted by Crippen LogP contribution is 2.38. The first kappa shape index (κ1) is 34.8. The molecule has 1 amide bonds. The van der Waals surface area contributed by atoms with Gasteiger partial charge >= 0.3 is 0 Å². The van der Waals surface area contributed by atoms with E-state index in [1.165, 1.54) is 0 Å². The van der Waals surface area contributed by atoms with E-state index in [-0.39, 0.29) is 35.7 Å². The number of nitrogens with zero attached hydrogens (tertiary/aromatic N) is 3. The normalized spacial score (nSPS) is 12.5. The van der Waals surface area contributed by atoms with E-state index in [9.17, 15) is 9.59 Å². The van der Waals surface area contributed by atoms with Gasteiger partial charge in [0.05, 0.1) is 31.5 Å². The molecule has 1 unspecified atom stereocenters. The number of halogens is 1. The summed E-state index contributed by atoms with van der Waals surface area (Å²) in [5.41, 5.74) is 2.84. The van der Waals surface area contributed by atoms with E-state index >= 15 is 0 Å². The number of hydrogen-bond acceptors (Lipinski definition) is 6. The maximum absolute atomic E-state index is 13.7. The van der Waals surface area contributed by atoms with E-state index < -0.39 is 6.04 Å². The van der Waals surface area contributed by atoms with Crippen LogP contribution in [0.15, 0.2) is 54.6 Å². The summed E-state index contributed by atoms with van der Waals surface area (Å²) in [5, 5.41) is 7.73. The molecule has 0 radical (unpaired) electrons. The first-order valence-corrected chi connectivity index (χ1v) is 14.5. The number of aromatic nitrogens is 2. The van der Waals surface area contributed by atoms with Crippen LogP contribution in [0.25, 0.3) is 11.3 Å². The van der Waals surface area contributed by atoms with Crippen molar-refractivity contribution >= 4 is 24.1 Å². The third-order valence-electron chi connectivity index (χ3n) is 7.42. The molecular formula is C33H47ClN4O4. The van der Waals surface area contributed by atoms with Gasteiger partial charge in [0.2, 0.25) is 0 Å². The molecule has 8 nitrogen and oxygen atoms in total. The predicted molar refractivity (Wildman–Crippen MR) is 171 cm³/mol. The molecule has 3 aromatic rings. The van der Waals surface area contributed by atoms with Crippen LogP contribution in [-0.2, 0) is 17.8 Å². The molecule has 42 heavy (non-hydrogen) atoms. The van der Waals surface area contributed by atoms with Crippen molar-refractivity contribution in [2.24, 2.45) is 5.92 Å². The molecule has 0 saturated heterocycles. The number of nitrogens with one attached hydrogen (secondary N) is 1. The standard InChI is InChI=1S/C33H46N4O4.ClH/c1-8-25(36(4)5)18-20-29(38)26(19-17-24-13-10-9-11-14-24)34-33(39)27-21-28(37(35-27)22-23(2)3)32-30(40-6)15-12-16-31(32)41-7;/h9-16,21,23,25-26H,8,17-20,22H2,1-7H3,(H,34,39);1H/t25?,26-;/m0./s1. The van der Waals surface area contributed by atoms with Crippen LogP contribution >= 0.6 is 12.4 Å². The van der Waals surface area contributed by atoms with E-state index in [1.54, 1.807) is 20.3 Å². The molecule has 3 rings (SSSR count). The lowest BCUT2D eigenvalue weighted by Crippen LogP contribution is -2.42. The maximum Gasteiger partial charge on any atom is 0.272 e. The molecule has 0 saturated carbocycles. The Morgan fingerprint density at radius 3 is 2.17 bits per heavy atom. The fraction of sp³-hybridized carbons (Fsp3) is 0.485. The molecule has 0 aliphatic heterocycles. The molecular weight excluding hydrogens is 552 g/mol. The average Bonchev–Trinajstić information content (AvgIpc) is 3.37. The van der Waals surface area contributed by atoms with Gasteiger partial charge in [0, 0.05) is 19.0 Å². The molecule has 9 heteroatoms. The minimum atomic E-state index is -0.609. The second-order valence-corrected chi connectivity index (χ2v) is 11.1. The lowest BCUT2D eigenvalue weighted by Gasteiger charge is -2.24. The van der Waals surface area contributed by atoms with E-state index in [0.717, 1.165) is 29.7 Å². The van der Waals surface area contributed by atoms with Gasteiger partial charge in [-0.1, -0.05) is 57.2 Å².